The van der Waals surface area contributed by atoms with Crippen molar-refractivity contribution in [1.82, 2.24) is 0 Å². The van der Waals surface area contributed by atoms with E-state index >= 15 is 0 Å². The molecule has 3 aromatic rings. The fraction of sp³-hybridized carbons (Fsp3) is 0.429. The fourth-order valence-electron chi connectivity index (χ4n) is 7.65. The van der Waals surface area contributed by atoms with Crippen molar-refractivity contribution in [2.75, 3.05) is 37.9 Å². The molecule has 1 atom stereocenters. The first-order valence-corrected chi connectivity index (χ1v) is 21.0. The van der Waals surface area contributed by atoms with Gasteiger partial charge in [0.15, 0.2) is 5.78 Å². The molecular formula is C49H62N2O8. The van der Waals surface area contributed by atoms with Gasteiger partial charge in [0.2, 0.25) is 11.6 Å². The number of ether oxygens (including phenoxy) is 4. The second-order valence-electron chi connectivity index (χ2n) is 15.8. The Morgan fingerprint density at radius 2 is 1.17 bits per heavy atom. The number of carbonyl (C=O) groups is 2. The number of carbonyl (C=O) groups excluding carboxylic acids is 2. The molecule has 0 bridgehead atoms. The Balaban J connectivity index is 1.13. The van der Waals surface area contributed by atoms with Gasteiger partial charge >= 0.3 is 0 Å². The summed E-state index contributed by atoms with van der Waals surface area (Å²) in [7, 11) is 0. The first kappa shape index (κ1) is 45.1. The van der Waals surface area contributed by atoms with Crippen molar-refractivity contribution in [3.05, 3.63) is 121 Å². The second kappa shape index (κ2) is 23.0. The zero-order valence-corrected chi connectivity index (χ0v) is 34.2. The smallest absolute Gasteiger partial charge is 0.235 e. The van der Waals surface area contributed by atoms with E-state index in [1.54, 1.807) is 24.3 Å². The maximum Gasteiger partial charge on any atom is 0.235 e. The fourth-order valence-corrected chi connectivity index (χ4v) is 7.65. The third-order valence-corrected chi connectivity index (χ3v) is 11.3. The zero-order valence-electron chi connectivity index (χ0n) is 34.2. The predicted molar refractivity (Wildman–Crippen MR) is 235 cm³/mol. The van der Waals surface area contributed by atoms with Crippen LogP contribution in [0.15, 0.2) is 104 Å². The van der Waals surface area contributed by atoms with Crippen molar-refractivity contribution in [1.29, 1.82) is 0 Å². The summed E-state index contributed by atoms with van der Waals surface area (Å²) in [6, 6.07) is 19.1. The van der Waals surface area contributed by atoms with Gasteiger partial charge in [0.1, 0.15) is 11.5 Å². The molecule has 3 aromatic carbocycles. The molecule has 0 aromatic heterocycles. The van der Waals surface area contributed by atoms with Crippen LogP contribution in [-0.2, 0) is 19.1 Å². The van der Waals surface area contributed by atoms with Gasteiger partial charge in [0.05, 0.1) is 44.6 Å². The predicted octanol–water partition coefficient (Wildman–Crippen LogP) is 8.63. The topological polar surface area (TPSA) is 164 Å². The molecule has 0 radical (unpaired) electrons. The van der Waals surface area contributed by atoms with Crippen molar-refractivity contribution in [2.24, 2.45) is 11.8 Å². The van der Waals surface area contributed by atoms with Crippen LogP contribution in [0.5, 0.6) is 11.5 Å². The summed E-state index contributed by atoms with van der Waals surface area (Å²) in [6.45, 7) is 10.2. The van der Waals surface area contributed by atoms with Crippen LogP contribution in [0.25, 0.3) is 12.2 Å². The second-order valence-corrected chi connectivity index (χ2v) is 15.8. The molecule has 0 saturated heterocycles. The Morgan fingerprint density at radius 1 is 0.695 bits per heavy atom. The van der Waals surface area contributed by atoms with Crippen molar-refractivity contribution >= 4 is 35.1 Å². The number of nitrogens with two attached hydrogens (primary N) is 2. The Morgan fingerprint density at radius 3 is 1.63 bits per heavy atom. The molecule has 1 unspecified atom stereocenters. The van der Waals surface area contributed by atoms with Crippen LogP contribution in [0, 0.1) is 11.8 Å². The van der Waals surface area contributed by atoms with E-state index in [-0.39, 0.29) is 11.3 Å². The molecule has 2 aliphatic carbocycles. The van der Waals surface area contributed by atoms with Crippen LogP contribution in [0.1, 0.15) is 93.2 Å². The molecule has 2 aliphatic rings. The number of hydrogen-bond donors (Lipinski definition) is 4. The van der Waals surface area contributed by atoms with Crippen molar-refractivity contribution < 1.29 is 38.7 Å². The van der Waals surface area contributed by atoms with Crippen LogP contribution in [-0.4, -0.2) is 66.2 Å². The van der Waals surface area contributed by atoms with Crippen molar-refractivity contribution in [3.63, 3.8) is 0 Å². The van der Waals surface area contributed by atoms with E-state index in [4.69, 9.17) is 30.4 Å². The summed E-state index contributed by atoms with van der Waals surface area (Å²) < 4.78 is 24.0. The average Bonchev–Trinajstić information content (AvgIpc) is 3.24. The highest BCUT2D eigenvalue weighted by Crippen LogP contribution is 2.36. The molecule has 59 heavy (non-hydrogen) atoms. The molecule has 6 N–H and O–H groups in total. The lowest BCUT2D eigenvalue weighted by molar-refractivity contribution is -0.187. The standard InChI is InChI=1S/C49H62N2O8/c1-3-5-29-56-41-23-12-37(13-24-41)33-58-43-19-8-35(9-20-43)7-18-40(52)32-46(45-27-17-39(50)31-47(45)51)49(54,55)48(53)28-16-36-10-21-44(22-11-36)59-34-38-14-25-42(26-15-38)57-30-6-4-2/h3-4,7-11,16-22,27-28,31,37-38,41-42,46,54-55H,1-2,5-6,12-15,23-26,29-30,32-34,50-51H2. The summed E-state index contributed by atoms with van der Waals surface area (Å²) >= 11 is 0. The van der Waals surface area contributed by atoms with E-state index in [2.05, 4.69) is 13.2 Å². The van der Waals surface area contributed by atoms with Gasteiger partial charge < -0.3 is 40.6 Å². The SMILES string of the molecule is C=CCCOC1CCC(COc2ccc(C=CC(=O)CC(c3ccc(N)cc3N)C(O)(O)C(=O)C=Cc3ccc(OCC4CCC(OCCC=C)CC4)cc3)cc2)CC1. The highest BCUT2D eigenvalue weighted by molar-refractivity contribution is 6.01. The van der Waals surface area contributed by atoms with E-state index in [1.165, 1.54) is 24.3 Å². The monoisotopic (exact) mass is 806 g/mol. The minimum atomic E-state index is -2.96. The zero-order chi connectivity index (χ0) is 42.0. The average molecular weight is 807 g/mol. The quantitative estimate of drug-likeness (QED) is 0.0240. The van der Waals surface area contributed by atoms with Gasteiger partial charge in [-0.2, -0.15) is 0 Å². The summed E-state index contributed by atoms with van der Waals surface area (Å²) in [4.78, 5) is 26.8. The minimum absolute atomic E-state index is 0.136. The van der Waals surface area contributed by atoms with Crippen molar-refractivity contribution in [3.8, 4) is 11.5 Å². The number of anilines is 2. The lowest BCUT2D eigenvalue weighted by Gasteiger charge is -2.30. The number of benzene rings is 3. The van der Waals surface area contributed by atoms with Gasteiger partial charge in [0, 0.05) is 17.8 Å². The minimum Gasteiger partial charge on any atom is -0.493 e. The van der Waals surface area contributed by atoms with Gasteiger partial charge in [-0.1, -0.05) is 54.6 Å². The Labute approximate surface area is 349 Å². The van der Waals surface area contributed by atoms with Gasteiger partial charge in [-0.05, 0) is 141 Å². The van der Waals surface area contributed by atoms with E-state index in [0.717, 1.165) is 94.8 Å². The van der Waals surface area contributed by atoms with Crippen LogP contribution in [0.2, 0.25) is 0 Å². The molecule has 10 nitrogen and oxygen atoms in total. The van der Waals surface area contributed by atoms with E-state index in [0.29, 0.717) is 54.3 Å². The first-order valence-electron chi connectivity index (χ1n) is 21.0. The molecule has 2 fully saturated rings. The number of rotatable bonds is 23. The summed E-state index contributed by atoms with van der Waals surface area (Å²) in [5.74, 6) is -3.38. The molecule has 2 saturated carbocycles. The summed E-state index contributed by atoms with van der Waals surface area (Å²) in [5, 5.41) is 22.8. The third kappa shape index (κ3) is 14.4. The van der Waals surface area contributed by atoms with Gasteiger partial charge in [-0.3, -0.25) is 9.59 Å². The van der Waals surface area contributed by atoms with Gasteiger partial charge in [-0.25, -0.2) is 0 Å². The Bertz CT molecular complexity index is 1850. The molecule has 10 heteroatoms. The summed E-state index contributed by atoms with van der Waals surface area (Å²) in [6.07, 6.45) is 19.7. The Kier molecular flexibility index (Phi) is 17.5. The summed E-state index contributed by atoms with van der Waals surface area (Å²) in [5.41, 5.74) is 14.3. The molecule has 0 amide bonds. The highest BCUT2D eigenvalue weighted by Gasteiger charge is 2.43. The number of ketones is 2. The largest absolute Gasteiger partial charge is 0.493 e. The van der Waals surface area contributed by atoms with E-state index in [1.807, 2.05) is 48.6 Å². The maximum atomic E-state index is 13.4. The number of allylic oxidation sites excluding steroid dienone is 1. The number of nitrogen functional groups attached to an aromatic ring is 2. The van der Waals surface area contributed by atoms with E-state index < -0.39 is 29.7 Å². The van der Waals surface area contributed by atoms with Crippen molar-refractivity contribution in [2.45, 2.75) is 94.5 Å². The lowest BCUT2D eigenvalue weighted by atomic mass is 9.82. The normalized spacial score (nSPS) is 20.3. The van der Waals surface area contributed by atoms with E-state index in [9.17, 15) is 19.8 Å². The molecule has 0 heterocycles. The van der Waals surface area contributed by atoms with Gasteiger partial charge in [-0.15, -0.1) is 13.2 Å². The first-order chi connectivity index (χ1) is 28.5. The van der Waals surface area contributed by atoms with Crippen LogP contribution >= 0.6 is 0 Å². The lowest BCUT2D eigenvalue weighted by Crippen LogP contribution is -2.44. The van der Waals surface area contributed by atoms with Gasteiger partial charge in [0.25, 0.3) is 0 Å². The number of hydrogen-bond acceptors (Lipinski definition) is 10. The van der Waals surface area contributed by atoms with Crippen LogP contribution in [0.4, 0.5) is 11.4 Å². The third-order valence-electron chi connectivity index (χ3n) is 11.3. The maximum absolute atomic E-state index is 13.4. The molecule has 316 valence electrons. The molecular weight excluding hydrogens is 745 g/mol. The number of aliphatic hydroxyl groups is 2. The van der Waals surface area contributed by atoms with Crippen LogP contribution < -0.4 is 20.9 Å². The Hall–Kier alpha value is -5.00. The highest BCUT2D eigenvalue weighted by atomic mass is 16.5. The molecule has 0 aliphatic heterocycles. The molecule has 5 rings (SSSR count). The molecule has 0 spiro atoms. The van der Waals surface area contributed by atoms with Crippen LogP contribution in [0.3, 0.4) is 0 Å².